The number of ether oxygens (including phenoxy) is 1. The molecule has 0 saturated carbocycles. The number of nitrogens with one attached hydrogen (secondary N) is 1. The summed E-state index contributed by atoms with van der Waals surface area (Å²) in [5.74, 6) is 0.682. The average Bonchev–Trinajstić information content (AvgIpc) is 2.48. The van der Waals surface area contributed by atoms with Gasteiger partial charge in [-0.15, -0.1) is 12.4 Å². The van der Waals surface area contributed by atoms with Crippen LogP contribution >= 0.6 is 24.0 Å². The van der Waals surface area contributed by atoms with E-state index in [1.807, 2.05) is 48.5 Å². The van der Waals surface area contributed by atoms with E-state index < -0.39 is 0 Å². The van der Waals surface area contributed by atoms with Crippen LogP contribution in [-0.4, -0.2) is 18.3 Å². The molecule has 0 fully saturated rings. The predicted molar refractivity (Wildman–Crippen MR) is 88.3 cm³/mol. The van der Waals surface area contributed by atoms with E-state index in [2.05, 4.69) is 5.32 Å². The SMILES string of the molecule is Cl.OCCNCc1ccc(OCc2ccccc2)c(Cl)c1. The summed E-state index contributed by atoms with van der Waals surface area (Å²) >= 11 is 6.21. The number of hydrogen-bond donors (Lipinski definition) is 2. The molecule has 0 aromatic heterocycles. The number of aliphatic hydroxyl groups is 1. The molecule has 2 rings (SSSR count). The van der Waals surface area contributed by atoms with Crippen LogP contribution in [0, 0.1) is 0 Å². The molecule has 2 N–H and O–H groups in total. The molecule has 0 heterocycles. The molecule has 0 saturated heterocycles. The molecule has 0 unspecified atom stereocenters. The Morgan fingerprint density at radius 2 is 1.81 bits per heavy atom. The number of halogens is 2. The zero-order chi connectivity index (χ0) is 14.2. The Labute approximate surface area is 136 Å². The Morgan fingerprint density at radius 1 is 1.05 bits per heavy atom. The lowest BCUT2D eigenvalue weighted by atomic mass is 10.2. The molecule has 114 valence electrons. The third-order valence-corrected chi connectivity index (χ3v) is 3.15. The largest absolute Gasteiger partial charge is 0.487 e. The quantitative estimate of drug-likeness (QED) is 0.765. The minimum Gasteiger partial charge on any atom is -0.487 e. The standard InChI is InChI=1S/C16H18ClNO2.ClH/c17-15-10-14(11-18-8-9-19)6-7-16(15)20-12-13-4-2-1-3-5-13;/h1-7,10,18-19H,8-9,11-12H2;1H. The second kappa shape index (κ2) is 9.64. The molecule has 0 aliphatic heterocycles. The molecule has 0 aliphatic carbocycles. The fraction of sp³-hybridized carbons (Fsp3) is 0.250. The van der Waals surface area contributed by atoms with Crippen molar-refractivity contribution in [1.29, 1.82) is 0 Å². The van der Waals surface area contributed by atoms with Crippen molar-refractivity contribution < 1.29 is 9.84 Å². The molecule has 0 amide bonds. The van der Waals surface area contributed by atoms with Gasteiger partial charge in [-0.1, -0.05) is 48.0 Å². The number of benzene rings is 2. The summed E-state index contributed by atoms with van der Waals surface area (Å²) in [4.78, 5) is 0. The number of aliphatic hydroxyl groups excluding tert-OH is 1. The van der Waals surface area contributed by atoms with Crippen molar-refractivity contribution in [3.8, 4) is 5.75 Å². The highest BCUT2D eigenvalue weighted by Gasteiger charge is 2.03. The topological polar surface area (TPSA) is 41.5 Å². The Hall–Kier alpha value is -1.26. The molecule has 5 heteroatoms. The van der Waals surface area contributed by atoms with E-state index in [1.165, 1.54) is 0 Å². The summed E-state index contributed by atoms with van der Waals surface area (Å²) in [6, 6.07) is 15.7. The fourth-order valence-corrected chi connectivity index (χ4v) is 2.08. The maximum atomic E-state index is 8.71. The van der Waals surface area contributed by atoms with Crippen LogP contribution < -0.4 is 10.1 Å². The Balaban J connectivity index is 0.00000220. The summed E-state index contributed by atoms with van der Waals surface area (Å²) in [6.45, 7) is 1.89. The van der Waals surface area contributed by atoms with E-state index in [9.17, 15) is 0 Å². The Kier molecular flexibility index (Phi) is 8.16. The zero-order valence-corrected chi connectivity index (χ0v) is 13.2. The van der Waals surface area contributed by atoms with E-state index in [0.717, 1.165) is 11.1 Å². The molecule has 2 aromatic carbocycles. The maximum absolute atomic E-state index is 8.71. The Bertz CT molecular complexity index is 535. The van der Waals surface area contributed by atoms with Gasteiger partial charge < -0.3 is 15.2 Å². The van der Waals surface area contributed by atoms with Crippen LogP contribution in [0.3, 0.4) is 0 Å². The van der Waals surface area contributed by atoms with Gasteiger partial charge in [-0.3, -0.25) is 0 Å². The first-order valence-electron chi connectivity index (χ1n) is 6.56. The van der Waals surface area contributed by atoms with Crippen LogP contribution in [0.15, 0.2) is 48.5 Å². The number of hydrogen-bond acceptors (Lipinski definition) is 3. The van der Waals surface area contributed by atoms with Crippen LogP contribution in [-0.2, 0) is 13.2 Å². The first-order chi connectivity index (χ1) is 9.79. The van der Waals surface area contributed by atoms with E-state index in [4.69, 9.17) is 21.4 Å². The van der Waals surface area contributed by atoms with Crippen LogP contribution in [0.25, 0.3) is 0 Å². The minimum atomic E-state index is 0. The lowest BCUT2D eigenvalue weighted by Crippen LogP contribution is -2.17. The predicted octanol–water partition coefficient (Wildman–Crippen LogP) is 3.42. The van der Waals surface area contributed by atoms with Crippen LogP contribution in [0.2, 0.25) is 5.02 Å². The Morgan fingerprint density at radius 3 is 2.48 bits per heavy atom. The van der Waals surface area contributed by atoms with E-state index in [-0.39, 0.29) is 19.0 Å². The number of rotatable bonds is 7. The molecule has 0 bridgehead atoms. The zero-order valence-electron chi connectivity index (χ0n) is 11.6. The summed E-state index contributed by atoms with van der Waals surface area (Å²) < 4.78 is 5.71. The third-order valence-electron chi connectivity index (χ3n) is 2.85. The molecule has 2 aromatic rings. The van der Waals surface area contributed by atoms with Crippen molar-refractivity contribution in [3.05, 3.63) is 64.7 Å². The van der Waals surface area contributed by atoms with E-state index >= 15 is 0 Å². The van der Waals surface area contributed by atoms with Gasteiger partial charge in [0, 0.05) is 13.1 Å². The van der Waals surface area contributed by atoms with Gasteiger partial charge in [0.25, 0.3) is 0 Å². The summed E-state index contributed by atoms with van der Waals surface area (Å²) in [5, 5.41) is 12.4. The first-order valence-corrected chi connectivity index (χ1v) is 6.94. The molecule has 0 aliphatic rings. The molecule has 3 nitrogen and oxygen atoms in total. The highest BCUT2D eigenvalue weighted by molar-refractivity contribution is 6.32. The maximum Gasteiger partial charge on any atom is 0.138 e. The van der Waals surface area contributed by atoms with Gasteiger partial charge in [0.05, 0.1) is 11.6 Å². The highest BCUT2D eigenvalue weighted by atomic mass is 35.5. The van der Waals surface area contributed by atoms with Gasteiger partial charge in [-0.2, -0.15) is 0 Å². The summed E-state index contributed by atoms with van der Waals surface area (Å²) in [7, 11) is 0. The van der Waals surface area contributed by atoms with Gasteiger partial charge in [0.2, 0.25) is 0 Å². The van der Waals surface area contributed by atoms with Crippen LogP contribution in [0.4, 0.5) is 0 Å². The van der Waals surface area contributed by atoms with Crippen molar-refractivity contribution >= 4 is 24.0 Å². The molecule has 21 heavy (non-hydrogen) atoms. The summed E-state index contributed by atoms with van der Waals surface area (Å²) in [5.41, 5.74) is 2.17. The van der Waals surface area contributed by atoms with Crippen LogP contribution in [0.1, 0.15) is 11.1 Å². The first kappa shape index (κ1) is 17.8. The van der Waals surface area contributed by atoms with Crippen molar-refractivity contribution in [3.63, 3.8) is 0 Å². The fourth-order valence-electron chi connectivity index (χ4n) is 1.82. The highest BCUT2D eigenvalue weighted by Crippen LogP contribution is 2.26. The molecule has 0 atom stereocenters. The smallest absolute Gasteiger partial charge is 0.138 e. The van der Waals surface area contributed by atoms with Gasteiger partial charge in [0.1, 0.15) is 12.4 Å². The van der Waals surface area contributed by atoms with Crippen molar-refractivity contribution in [2.75, 3.05) is 13.2 Å². The van der Waals surface area contributed by atoms with Crippen molar-refractivity contribution in [2.45, 2.75) is 13.2 Å². The monoisotopic (exact) mass is 327 g/mol. The van der Waals surface area contributed by atoms with E-state index in [0.29, 0.717) is 30.5 Å². The molecular formula is C16H19Cl2NO2. The van der Waals surface area contributed by atoms with Gasteiger partial charge in [-0.25, -0.2) is 0 Å². The van der Waals surface area contributed by atoms with Gasteiger partial charge >= 0.3 is 0 Å². The molecule has 0 radical (unpaired) electrons. The lowest BCUT2D eigenvalue weighted by Gasteiger charge is -2.10. The molecular weight excluding hydrogens is 309 g/mol. The lowest BCUT2D eigenvalue weighted by molar-refractivity contribution is 0.292. The summed E-state index contributed by atoms with van der Waals surface area (Å²) in [6.07, 6.45) is 0. The normalized spacial score (nSPS) is 10.0. The van der Waals surface area contributed by atoms with Crippen molar-refractivity contribution in [2.24, 2.45) is 0 Å². The second-order valence-electron chi connectivity index (χ2n) is 4.44. The second-order valence-corrected chi connectivity index (χ2v) is 4.85. The third kappa shape index (κ3) is 5.94. The molecule has 0 spiro atoms. The van der Waals surface area contributed by atoms with Crippen molar-refractivity contribution in [1.82, 2.24) is 5.32 Å². The van der Waals surface area contributed by atoms with Gasteiger partial charge in [0.15, 0.2) is 0 Å². The minimum absolute atomic E-state index is 0. The van der Waals surface area contributed by atoms with E-state index in [1.54, 1.807) is 0 Å². The average molecular weight is 328 g/mol. The van der Waals surface area contributed by atoms with Gasteiger partial charge in [-0.05, 0) is 23.3 Å². The van der Waals surface area contributed by atoms with Crippen LogP contribution in [0.5, 0.6) is 5.75 Å².